The number of para-hydroxylation sites is 1. The van der Waals surface area contributed by atoms with Crippen molar-refractivity contribution in [1.29, 1.82) is 0 Å². The normalized spacial score (nSPS) is 14.2. The van der Waals surface area contributed by atoms with Crippen LogP contribution >= 0.6 is 11.3 Å². The molecule has 0 amide bonds. The molecular weight excluding hydrogens is 276 g/mol. The van der Waals surface area contributed by atoms with E-state index < -0.39 is 0 Å². The van der Waals surface area contributed by atoms with Gasteiger partial charge in [0.1, 0.15) is 5.01 Å². The Balaban J connectivity index is 1.79. The third-order valence-electron chi connectivity index (χ3n) is 3.74. The highest BCUT2D eigenvalue weighted by Gasteiger charge is 2.16. The molecule has 1 N–H and O–H groups in total. The van der Waals surface area contributed by atoms with Crippen LogP contribution in [0.25, 0.3) is 10.2 Å². The summed E-state index contributed by atoms with van der Waals surface area (Å²) in [6.45, 7) is 4.42. The summed E-state index contributed by atoms with van der Waals surface area (Å²) in [5.74, 6) is 0. The van der Waals surface area contributed by atoms with Gasteiger partial charge in [0.05, 0.1) is 16.3 Å². The number of thiazole rings is 1. The molecule has 3 aromatic rings. The Bertz CT molecular complexity index is 672. The van der Waals surface area contributed by atoms with Crippen LogP contribution in [0.5, 0.6) is 0 Å². The monoisotopic (exact) mass is 296 g/mol. The van der Waals surface area contributed by atoms with E-state index in [2.05, 4.69) is 67.7 Å². The van der Waals surface area contributed by atoms with E-state index in [1.165, 1.54) is 10.3 Å². The molecule has 0 aliphatic carbocycles. The van der Waals surface area contributed by atoms with Crippen LogP contribution in [0, 0.1) is 0 Å². The van der Waals surface area contributed by atoms with Gasteiger partial charge >= 0.3 is 0 Å². The standard InChI is InChI=1S/C18H20N2S/c1-3-15(14-9-5-4-6-10-14)19-13(2)18-20-16-11-7-8-12-17(16)21-18/h4-13,15,19H,3H2,1-2H3. The molecule has 0 aliphatic rings. The minimum Gasteiger partial charge on any atom is -0.301 e. The van der Waals surface area contributed by atoms with Gasteiger partial charge in [0.15, 0.2) is 0 Å². The smallest absolute Gasteiger partial charge is 0.111 e. The highest BCUT2D eigenvalue weighted by atomic mass is 32.1. The lowest BCUT2D eigenvalue weighted by atomic mass is 10.0. The lowest BCUT2D eigenvalue weighted by molar-refractivity contribution is 0.455. The molecule has 1 aromatic heterocycles. The van der Waals surface area contributed by atoms with Gasteiger partial charge in [-0.15, -0.1) is 11.3 Å². The quantitative estimate of drug-likeness (QED) is 0.708. The fraction of sp³-hybridized carbons (Fsp3) is 0.278. The maximum Gasteiger partial charge on any atom is 0.111 e. The molecule has 0 saturated heterocycles. The van der Waals surface area contributed by atoms with E-state index in [-0.39, 0.29) is 6.04 Å². The Hall–Kier alpha value is -1.71. The molecule has 3 rings (SSSR count). The number of fused-ring (bicyclic) bond motifs is 1. The topological polar surface area (TPSA) is 24.9 Å². The molecule has 2 aromatic carbocycles. The van der Waals surface area contributed by atoms with Crippen molar-refractivity contribution in [1.82, 2.24) is 10.3 Å². The molecule has 2 unspecified atom stereocenters. The number of hydrogen-bond donors (Lipinski definition) is 1. The second kappa shape index (κ2) is 6.37. The van der Waals surface area contributed by atoms with Crippen molar-refractivity contribution in [2.75, 3.05) is 0 Å². The lowest BCUT2D eigenvalue weighted by Gasteiger charge is -2.21. The zero-order valence-corrected chi connectivity index (χ0v) is 13.2. The number of nitrogens with one attached hydrogen (secondary N) is 1. The third-order valence-corrected chi connectivity index (χ3v) is 4.96. The highest BCUT2D eigenvalue weighted by molar-refractivity contribution is 7.18. The van der Waals surface area contributed by atoms with Gasteiger partial charge in [0, 0.05) is 6.04 Å². The predicted octanol–water partition coefficient (Wildman–Crippen LogP) is 5.10. The average Bonchev–Trinajstić information content (AvgIpc) is 2.97. The van der Waals surface area contributed by atoms with Crippen molar-refractivity contribution in [3.05, 3.63) is 65.2 Å². The molecule has 1 heterocycles. The molecule has 0 spiro atoms. The Morgan fingerprint density at radius 1 is 1.05 bits per heavy atom. The molecule has 0 bridgehead atoms. The molecule has 0 fully saturated rings. The van der Waals surface area contributed by atoms with Crippen LogP contribution < -0.4 is 5.32 Å². The zero-order chi connectivity index (χ0) is 14.7. The van der Waals surface area contributed by atoms with E-state index in [1.54, 1.807) is 11.3 Å². The Morgan fingerprint density at radius 2 is 1.76 bits per heavy atom. The summed E-state index contributed by atoms with van der Waals surface area (Å²) in [7, 11) is 0. The molecule has 0 aliphatic heterocycles. The molecular formula is C18H20N2S. The van der Waals surface area contributed by atoms with Gasteiger partial charge in [-0.25, -0.2) is 4.98 Å². The van der Waals surface area contributed by atoms with Gasteiger partial charge in [0.25, 0.3) is 0 Å². The summed E-state index contributed by atoms with van der Waals surface area (Å²) in [6, 6.07) is 19.6. The Morgan fingerprint density at radius 3 is 2.48 bits per heavy atom. The van der Waals surface area contributed by atoms with Crippen molar-refractivity contribution >= 4 is 21.6 Å². The van der Waals surface area contributed by atoms with E-state index in [0.717, 1.165) is 16.9 Å². The first-order chi connectivity index (χ1) is 10.3. The van der Waals surface area contributed by atoms with E-state index in [0.29, 0.717) is 6.04 Å². The van der Waals surface area contributed by atoms with E-state index in [4.69, 9.17) is 4.98 Å². The van der Waals surface area contributed by atoms with Crippen molar-refractivity contribution in [2.45, 2.75) is 32.4 Å². The molecule has 0 saturated carbocycles. The van der Waals surface area contributed by atoms with E-state index in [9.17, 15) is 0 Å². The van der Waals surface area contributed by atoms with Gasteiger partial charge in [0.2, 0.25) is 0 Å². The van der Waals surface area contributed by atoms with Crippen LogP contribution in [0.3, 0.4) is 0 Å². The van der Waals surface area contributed by atoms with Crippen LogP contribution in [0.4, 0.5) is 0 Å². The van der Waals surface area contributed by atoms with Gasteiger partial charge in [-0.05, 0) is 31.0 Å². The third kappa shape index (κ3) is 3.14. The maximum absolute atomic E-state index is 4.75. The summed E-state index contributed by atoms with van der Waals surface area (Å²) >= 11 is 1.78. The summed E-state index contributed by atoms with van der Waals surface area (Å²) in [4.78, 5) is 4.75. The van der Waals surface area contributed by atoms with Crippen molar-refractivity contribution in [2.24, 2.45) is 0 Å². The van der Waals surface area contributed by atoms with Crippen LogP contribution in [-0.2, 0) is 0 Å². The molecule has 21 heavy (non-hydrogen) atoms. The minimum atomic E-state index is 0.257. The largest absolute Gasteiger partial charge is 0.301 e. The fourth-order valence-electron chi connectivity index (χ4n) is 2.58. The molecule has 2 atom stereocenters. The van der Waals surface area contributed by atoms with Crippen LogP contribution in [-0.4, -0.2) is 4.98 Å². The fourth-order valence-corrected chi connectivity index (χ4v) is 3.56. The van der Waals surface area contributed by atoms with E-state index >= 15 is 0 Å². The van der Waals surface area contributed by atoms with Crippen molar-refractivity contribution in [3.8, 4) is 0 Å². The molecule has 108 valence electrons. The first-order valence-electron chi connectivity index (χ1n) is 7.44. The number of benzene rings is 2. The van der Waals surface area contributed by atoms with Crippen molar-refractivity contribution in [3.63, 3.8) is 0 Å². The van der Waals surface area contributed by atoms with Gasteiger partial charge in [-0.3, -0.25) is 0 Å². The maximum atomic E-state index is 4.75. The Kier molecular flexibility index (Phi) is 4.32. The summed E-state index contributed by atoms with van der Waals surface area (Å²) in [5.41, 5.74) is 2.44. The SMILES string of the molecule is CCC(NC(C)c1nc2ccccc2s1)c1ccccc1. The van der Waals surface area contributed by atoms with Gasteiger partial charge in [-0.2, -0.15) is 0 Å². The predicted molar refractivity (Wildman–Crippen MR) is 90.6 cm³/mol. The first-order valence-corrected chi connectivity index (χ1v) is 8.26. The van der Waals surface area contributed by atoms with Gasteiger partial charge in [-0.1, -0.05) is 49.4 Å². The lowest BCUT2D eigenvalue weighted by Crippen LogP contribution is -2.24. The zero-order valence-electron chi connectivity index (χ0n) is 12.4. The van der Waals surface area contributed by atoms with Crippen LogP contribution in [0.2, 0.25) is 0 Å². The number of hydrogen-bond acceptors (Lipinski definition) is 3. The minimum absolute atomic E-state index is 0.257. The summed E-state index contributed by atoms with van der Waals surface area (Å²) in [5, 5.41) is 4.87. The number of rotatable bonds is 5. The summed E-state index contributed by atoms with van der Waals surface area (Å²) in [6.07, 6.45) is 1.07. The highest BCUT2D eigenvalue weighted by Crippen LogP contribution is 2.28. The number of aromatic nitrogens is 1. The molecule has 2 nitrogen and oxygen atoms in total. The number of nitrogens with zero attached hydrogens (tertiary/aromatic N) is 1. The second-order valence-corrected chi connectivity index (χ2v) is 6.34. The first kappa shape index (κ1) is 14.2. The van der Waals surface area contributed by atoms with Crippen LogP contribution in [0.15, 0.2) is 54.6 Å². The Labute approximate surface area is 129 Å². The summed E-state index contributed by atoms with van der Waals surface area (Å²) < 4.78 is 1.26. The second-order valence-electron chi connectivity index (χ2n) is 5.28. The van der Waals surface area contributed by atoms with Gasteiger partial charge < -0.3 is 5.32 Å². The van der Waals surface area contributed by atoms with Crippen molar-refractivity contribution < 1.29 is 0 Å². The average molecular weight is 296 g/mol. The van der Waals surface area contributed by atoms with Crippen LogP contribution in [0.1, 0.15) is 42.9 Å². The van der Waals surface area contributed by atoms with E-state index in [1.807, 2.05) is 6.07 Å². The molecule has 0 radical (unpaired) electrons. The molecule has 3 heteroatoms.